The summed E-state index contributed by atoms with van der Waals surface area (Å²) in [4.78, 5) is 8.64. The largest absolute Gasteiger partial charge is 0.491 e. The zero-order chi connectivity index (χ0) is 17.7. The van der Waals surface area contributed by atoms with E-state index in [4.69, 9.17) is 15.2 Å². The van der Waals surface area contributed by atoms with E-state index in [0.717, 1.165) is 23.2 Å². The van der Waals surface area contributed by atoms with Gasteiger partial charge in [-0.05, 0) is 56.9 Å². The predicted octanol–water partition coefficient (Wildman–Crippen LogP) is 3.60. The number of rotatable bonds is 7. The molecule has 2 aromatic rings. The van der Waals surface area contributed by atoms with Crippen LogP contribution in [-0.2, 0) is 0 Å². The fraction of sp³-hybridized carbons (Fsp3) is 0.474. The molecule has 2 aromatic heterocycles. The summed E-state index contributed by atoms with van der Waals surface area (Å²) < 4.78 is 11.3. The molecule has 5 heteroatoms. The van der Waals surface area contributed by atoms with Crippen molar-refractivity contribution in [2.45, 2.75) is 39.7 Å². The van der Waals surface area contributed by atoms with Crippen LogP contribution in [0, 0.1) is 12.8 Å². The Labute approximate surface area is 144 Å². The maximum absolute atomic E-state index is 6.06. The lowest BCUT2D eigenvalue weighted by Gasteiger charge is -2.23. The zero-order valence-electron chi connectivity index (χ0n) is 15.2. The molecule has 0 aliphatic carbocycles. The van der Waals surface area contributed by atoms with E-state index in [9.17, 15) is 0 Å². The highest BCUT2D eigenvalue weighted by Crippen LogP contribution is 2.30. The van der Waals surface area contributed by atoms with Crippen molar-refractivity contribution < 1.29 is 9.47 Å². The number of nitrogens with zero attached hydrogens (tertiary/aromatic N) is 2. The van der Waals surface area contributed by atoms with Gasteiger partial charge in [0, 0.05) is 29.2 Å². The van der Waals surface area contributed by atoms with E-state index in [2.05, 4.69) is 16.9 Å². The van der Waals surface area contributed by atoms with Gasteiger partial charge in [-0.3, -0.25) is 4.98 Å². The van der Waals surface area contributed by atoms with Crippen molar-refractivity contribution in [3.05, 3.63) is 36.3 Å². The molecule has 0 fully saturated rings. The van der Waals surface area contributed by atoms with Crippen LogP contribution in [0.15, 0.2) is 30.6 Å². The topological polar surface area (TPSA) is 70.3 Å². The number of hydrogen-bond acceptors (Lipinski definition) is 5. The lowest BCUT2D eigenvalue weighted by atomic mass is 9.93. The average Bonchev–Trinajstić information content (AvgIpc) is 2.51. The number of methoxy groups -OCH3 is 1. The van der Waals surface area contributed by atoms with Crippen LogP contribution in [0.1, 0.15) is 32.9 Å². The summed E-state index contributed by atoms with van der Waals surface area (Å²) in [6, 6.07) is 5.91. The van der Waals surface area contributed by atoms with Crippen molar-refractivity contribution in [2.24, 2.45) is 11.7 Å². The van der Waals surface area contributed by atoms with Gasteiger partial charge in [0.15, 0.2) is 5.75 Å². The Morgan fingerprint density at radius 2 is 1.96 bits per heavy atom. The number of ether oxygens (including phenoxy) is 2. The van der Waals surface area contributed by atoms with Gasteiger partial charge in [0.1, 0.15) is 0 Å². The van der Waals surface area contributed by atoms with Gasteiger partial charge in [0.2, 0.25) is 0 Å². The molecular weight excluding hydrogens is 302 g/mol. The lowest BCUT2D eigenvalue weighted by Crippen LogP contribution is -2.35. The summed E-state index contributed by atoms with van der Waals surface area (Å²) in [5, 5.41) is 0. The Morgan fingerprint density at radius 1 is 1.21 bits per heavy atom. The van der Waals surface area contributed by atoms with E-state index >= 15 is 0 Å². The Balaban J connectivity index is 2.12. The first-order valence-electron chi connectivity index (χ1n) is 8.17. The van der Waals surface area contributed by atoms with Gasteiger partial charge in [-0.25, -0.2) is 4.98 Å². The molecule has 5 nitrogen and oxygen atoms in total. The van der Waals surface area contributed by atoms with Crippen LogP contribution in [0.5, 0.6) is 11.6 Å². The van der Waals surface area contributed by atoms with E-state index in [1.54, 1.807) is 19.5 Å². The normalized spacial score (nSPS) is 12.8. The maximum Gasteiger partial charge on any atom is 0.257 e. The van der Waals surface area contributed by atoms with Gasteiger partial charge in [-0.1, -0.05) is 6.92 Å². The predicted molar refractivity (Wildman–Crippen MR) is 96.3 cm³/mol. The molecule has 1 unspecified atom stereocenters. The van der Waals surface area contributed by atoms with Crippen molar-refractivity contribution in [1.29, 1.82) is 0 Å². The van der Waals surface area contributed by atoms with Gasteiger partial charge >= 0.3 is 0 Å². The Kier molecular flexibility index (Phi) is 5.78. The Morgan fingerprint density at radius 3 is 2.58 bits per heavy atom. The molecule has 1 atom stereocenters. The second-order valence-corrected chi connectivity index (χ2v) is 7.03. The molecule has 0 aliphatic rings. The first kappa shape index (κ1) is 18.2. The second-order valence-electron chi connectivity index (χ2n) is 7.03. The third-order valence-corrected chi connectivity index (χ3v) is 3.65. The number of aromatic nitrogens is 2. The number of hydrogen-bond donors (Lipinski definition) is 1. The van der Waals surface area contributed by atoms with Crippen LogP contribution in [0.3, 0.4) is 0 Å². The molecule has 0 aromatic carbocycles. The van der Waals surface area contributed by atoms with Crippen molar-refractivity contribution in [1.82, 2.24) is 9.97 Å². The van der Waals surface area contributed by atoms with E-state index in [0.29, 0.717) is 24.2 Å². The molecule has 2 N–H and O–H groups in total. The summed E-state index contributed by atoms with van der Waals surface area (Å²) in [6.07, 6.45) is 4.46. The molecule has 0 saturated carbocycles. The monoisotopic (exact) mass is 329 g/mol. The minimum Gasteiger partial charge on any atom is -0.491 e. The third-order valence-electron chi connectivity index (χ3n) is 3.65. The first-order valence-corrected chi connectivity index (χ1v) is 8.17. The smallest absolute Gasteiger partial charge is 0.257 e. The molecular formula is C19H27N3O2. The van der Waals surface area contributed by atoms with Gasteiger partial charge in [0.05, 0.1) is 13.7 Å². The fourth-order valence-corrected chi connectivity index (χ4v) is 2.75. The SMILES string of the molecule is COc1cc(-c2ccnc(C)c2)cnc1OCC(C)CC(C)(C)N. The summed E-state index contributed by atoms with van der Waals surface area (Å²) >= 11 is 0. The highest BCUT2D eigenvalue weighted by Gasteiger charge is 2.17. The van der Waals surface area contributed by atoms with E-state index in [1.165, 1.54) is 0 Å². The highest BCUT2D eigenvalue weighted by atomic mass is 16.5. The van der Waals surface area contributed by atoms with Crippen LogP contribution < -0.4 is 15.2 Å². The van der Waals surface area contributed by atoms with Gasteiger partial charge < -0.3 is 15.2 Å². The molecule has 0 amide bonds. The molecule has 0 aliphatic heterocycles. The minimum atomic E-state index is -0.205. The van der Waals surface area contributed by atoms with E-state index in [1.807, 2.05) is 39.0 Å². The summed E-state index contributed by atoms with van der Waals surface area (Å²) in [5.41, 5.74) is 8.84. The average molecular weight is 329 g/mol. The zero-order valence-corrected chi connectivity index (χ0v) is 15.2. The van der Waals surface area contributed by atoms with Crippen molar-refractivity contribution in [2.75, 3.05) is 13.7 Å². The first-order chi connectivity index (χ1) is 11.3. The van der Waals surface area contributed by atoms with Crippen LogP contribution >= 0.6 is 0 Å². The quantitative estimate of drug-likeness (QED) is 0.840. The molecule has 0 saturated heterocycles. The molecule has 130 valence electrons. The minimum absolute atomic E-state index is 0.205. The highest BCUT2D eigenvalue weighted by molar-refractivity contribution is 5.65. The summed E-state index contributed by atoms with van der Waals surface area (Å²) in [6.45, 7) is 8.68. The van der Waals surface area contributed by atoms with Crippen LogP contribution in [0.4, 0.5) is 0 Å². The Bertz CT molecular complexity index is 681. The maximum atomic E-state index is 6.06. The molecule has 0 radical (unpaired) electrons. The summed E-state index contributed by atoms with van der Waals surface area (Å²) in [7, 11) is 1.62. The van der Waals surface area contributed by atoms with Crippen LogP contribution in [-0.4, -0.2) is 29.2 Å². The number of pyridine rings is 2. The third kappa shape index (κ3) is 5.20. The van der Waals surface area contributed by atoms with Gasteiger partial charge in [-0.2, -0.15) is 0 Å². The lowest BCUT2D eigenvalue weighted by molar-refractivity contribution is 0.214. The molecule has 2 rings (SSSR count). The number of aryl methyl sites for hydroxylation is 1. The summed E-state index contributed by atoms with van der Waals surface area (Å²) in [5.74, 6) is 1.47. The molecule has 0 bridgehead atoms. The van der Waals surface area contributed by atoms with Crippen molar-refractivity contribution >= 4 is 0 Å². The molecule has 2 heterocycles. The van der Waals surface area contributed by atoms with E-state index in [-0.39, 0.29) is 5.54 Å². The van der Waals surface area contributed by atoms with Crippen molar-refractivity contribution in [3.63, 3.8) is 0 Å². The van der Waals surface area contributed by atoms with Gasteiger partial charge in [0.25, 0.3) is 5.88 Å². The van der Waals surface area contributed by atoms with Crippen LogP contribution in [0.25, 0.3) is 11.1 Å². The van der Waals surface area contributed by atoms with Crippen LogP contribution in [0.2, 0.25) is 0 Å². The molecule has 24 heavy (non-hydrogen) atoms. The van der Waals surface area contributed by atoms with E-state index < -0.39 is 0 Å². The second kappa shape index (κ2) is 7.62. The Hall–Kier alpha value is -2.14. The fourth-order valence-electron chi connectivity index (χ4n) is 2.75. The standard InChI is InChI=1S/C19H27N3O2/c1-13(10-19(3,4)20)12-24-18-17(23-5)9-16(11-22-18)15-6-7-21-14(2)8-15/h6-9,11,13H,10,12,20H2,1-5H3. The van der Waals surface area contributed by atoms with Crippen molar-refractivity contribution in [3.8, 4) is 22.8 Å². The number of nitrogens with two attached hydrogens (primary N) is 1. The molecule has 0 spiro atoms. The van der Waals surface area contributed by atoms with Gasteiger partial charge in [-0.15, -0.1) is 0 Å².